The molecule has 1 saturated heterocycles. The third-order valence-electron chi connectivity index (χ3n) is 3.47. The van der Waals surface area contributed by atoms with Crippen molar-refractivity contribution < 1.29 is 9.84 Å². The van der Waals surface area contributed by atoms with Crippen molar-refractivity contribution in [2.24, 2.45) is 5.92 Å². The Morgan fingerprint density at radius 3 is 3.11 bits per heavy atom. The highest BCUT2D eigenvalue weighted by atomic mass is 16.5. The number of nitrogens with zero attached hydrogens (tertiary/aromatic N) is 3. The minimum Gasteiger partial charge on any atom is -0.394 e. The molecule has 6 nitrogen and oxygen atoms in total. The van der Waals surface area contributed by atoms with E-state index in [4.69, 9.17) is 10.5 Å². The summed E-state index contributed by atoms with van der Waals surface area (Å²) in [5.41, 5.74) is 6.59. The maximum absolute atomic E-state index is 9.18. The second kappa shape index (κ2) is 4.22. The molecule has 0 spiro atoms. The number of ether oxygens (including phenoxy) is 1. The van der Waals surface area contributed by atoms with Gasteiger partial charge >= 0.3 is 0 Å². The fourth-order valence-corrected chi connectivity index (χ4v) is 2.57. The third kappa shape index (κ3) is 1.65. The summed E-state index contributed by atoms with van der Waals surface area (Å²) in [6.07, 6.45) is 4.02. The molecule has 1 aliphatic heterocycles. The van der Waals surface area contributed by atoms with Gasteiger partial charge in [-0.1, -0.05) is 6.92 Å². The molecule has 3 rings (SSSR count). The molecule has 0 saturated carbocycles. The Kier molecular flexibility index (Phi) is 2.68. The first-order valence-corrected chi connectivity index (χ1v) is 6.04. The van der Waals surface area contributed by atoms with Gasteiger partial charge in [0.15, 0.2) is 0 Å². The summed E-state index contributed by atoms with van der Waals surface area (Å²) in [7, 11) is 0. The molecule has 2 aromatic heterocycles. The molecule has 1 aliphatic rings. The monoisotopic (exact) mass is 248 g/mol. The average molecular weight is 248 g/mol. The lowest BCUT2D eigenvalue weighted by Gasteiger charge is -2.18. The Balaban J connectivity index is 2.02. The molecule has 18 heavy (non-hydrogen) atoms. The van der Waals surface area contributed by atoms with E-state index < -0.39 is 0 Å². The van der Waals surface area contributed by atoms with Crippen molar-refractivity contribution in [2.45, 2.75) is 25.7 Å². The predicted octanol–water partition coefficient (Wildman–Crippen LogP) is 0.929. The molecule has 1 fully saturated rings. The number of fused-ring (bicyclic) bond motifs is 1. The zero-order chi connectivity index (χ0) is 12.7. The molecule has 0 radical (unpaired) electrons. The van der Waals surface area contributed by atoms with Gasteiger partial charge < -0.3 is 20.1 Å². The van der Waals surface area contributed by atoms with Crippen LogP contribution in [0.3, 0.4) is 0 Å². The first-order chi connectivity index (χ1) is 8.70. The van der Waals surface area contributed by atoms with E-state index in [2.05, 4.69) is 16.9 Å². The molecule has 2 aromatic rings. The minimum atomic E-state index is -0.103. The van der Waals surface area contributed by atoms with Crippen LogP contribution in [0.5, 0.6) is 0 Å². The van der Waals surface area contributed by atoms with Gasteiger partial charge in [0.25, 0.3) is 0 Å². The van der Waals surface area contributed by atoms with E-state index in [0.29, 0.717) is 11.7 Å². The predicted molar refractivity (Wildman–Crippen MR) is 66.7 cm³/mol. The van der Waals surface area contributed by atoms with Crippen LogP contribution in [-0.4, -0.2) is 32.4 Å². The molecule has 0 aromatic carbocycles. The second-order valence-corrected chi connectivity index (χ2v) is 4.76. The van der Waals surface area contributed by atoms with Gasteiger partial charge in [0, 0.05) is 12.1 Å². The molecule has 6 heteroatoms. The van der Waals surface area contributed by atoms with Crippen molar-refractivity contribution in [3.63, 3.8) is 0 Å². The maximum atomic E-state index is 9.18. The number of nitrogen functional groups attached to an aromatic ring is 1. The van der Waals surface area contributed by atoms with Crippen LogP contribution in [0.4, 0.5) is 5.82 Å². The summed E-state index contributed by atoms with van der Waals surface area (Å²) in [5.74, 6) is 0.803. The Labute approximate surface area is 104 Å². The average Bonchev–Trinajstić information content (AvgIpc) is 2.93. The smallest absolute Gasteiger partial charge is 0.147 e. The SMILES string of the molecule is CC1C[C@@H](CO)OC1n1ccc2c(N)ncnc21. The van der Waals surface area contributed by atoms with E-state index in [-0.39, 0.29) is 18.9 Å². The fraction of sp³-hybridized carbons (Fsp3) is 0.500. The highest BCUT2D eigenvalue weighted by Gasteiger charge is 2.33. The minimum absolute atomic E-state index is 0.0527. The first kappa shape index (κ1) is 11.4. The van der Waals surface area contributed by atoms with Crippen molar-refractivity contribution in [3.8, 4) is 0 Å². The van der Waals surface area contributed by atoms with Crippen molar-refractivity contribution in [3.05, 3.63) is 18.6 Å². The van der Waals surface area contributed by atoms with Crippen LogP contribution in [0.1, 0.15) is 19.6 Å². The summed E-state index contributed by atoms with van der Waals surface area (Å²) in [4.78, 5) is 8.23. The van der Waals surface area contributed by atoms with Crippen LogP contribution >= 0.6 is 0 Å². The highest BCUT2D eigenvalue weighted by molar-refractivity contribution is 5.86. The number of rotatable bonds is 2. The topological polar surface area (TPSA) is 86.2 Å². The number of aliphatic hydroxyl groups excluding tert-OH is 1. The van der Waals surface area contributed by atoms with E-state index in [1.165, 1.54) is 6.33 Å². The number of hydrogen-bond donors (Lipinski definition) is 2. The van der Waals surface area contributed by atoms with Crippen LogP contribution in [0, 0.1) is 5.92 Å². The zero-order valence-electron chi connectivity index (χ0n) is 10.2. The lowest BCUT2D eigenvalue weighted by Crippen LogP contribution is -2.15. The summed E-state index contributed by atoms with van der Waals surface area (Å²) in [6, 6.07) is 1.90. The number of nitrogens with two attached hydrogens (primary N) is 1. The van der Waals surface area contributed by atoms with Crippen LogP contribution in [0.2, 0.25) is 0 Å². The molecule has 0 aliphatic carbocycles. The standard InChI is InChI=1S/C12H16N4O2/c1-7-4-8(5-17)18-12(7)16-3-2-9-10(13)14-6-15-11(9)16/h2-3,6-8,12,17H,4-5H2,1H3,(H2,13,14,15)/t7?,8-,12?/m0/s1. The quantitative estimate of drug-likeness (QED) is 0.825. The molecule has 3 atom stereocenters. The summed E-state index contributed by atoms with van der Waals surface area (Å²) in [6.45, 7) is 2.16. The van der Waals surface area contributed by atoms with Crippen molar-refractivity contribution in [1.82, 2.24) is 14.5 Å². The molecule has 2 unspecified atom stereocenters. The molecule has 3 heterocycles. The van der Waals surface area contributed by atoms with Gasteiger partial charge in [-0.05, 0) is 12.5 Å². The lowest BCUT2D eigenvalue weighted by atomic mass is 10.1. The normalized spacial score (nSPS) is 28.0. The van der Waals surface area contributed by atoms with Gasteiger partial charge in [0.05, 0.1) is 18.1 Å². The number of aliphatic hydroxyl groups is 1. The molecular formula is C12H16N4O2. The highest BCUT2D eigenvalue weighted by Crippen LogP contribution is 2.36. The summed E-state index contributed by atoms with van der Waals surface area (Å²) in [5, 5.41) is 10.0. The number of anilines is 1. The zero-order valence-corrected chi connectivity index (χ0v) is 10.2. The lowest BCUT2D eigenvalue weighted by molar-refractivity contribution is -0.0291. The fourth-order valence-electron chi connectivity index (χ4n) is 2.57. The Morgan fingerprint density at radius 2 is 2.39 bits per heavy atom. The van der Waals surface area contributed by atoms with Crippen LogP contribution in [0.15, 0.2) is 18.6 Å². The van der Waals surface area contributed by atoms with Crippen LogP contribution in [0.25, 0.3) is 11.0 Å². The van der Waals surface area contributed by atoms with E-state index in [9.17, 15) is 5.11 Å². The van der Waals surface area contributed by atoms with Gasteiger partial charge in [-0.25, -0.2) is 9.97 Å². The Hall–Kier alpha value is -1.66. The third-order valence-corrected chi connectivity index (χ3v) is 3.47. The van der Waals surface area contributed by atoms with Gasteiger partial charge in [0.1, 0.15) is 24.0 Å². The Morgan fingerprint density at radius 1 is 1.56 bits per heavy atom. The number of aromatic nitrogens is 3. The van der Waals surface area contributed by atoms with Crippen molar-refractivity contribution >= 4 is 16.9 Å². The molecule has 0 amide bonds. The van der Waals surface area contributed by atoms with Crippen LogP contribution < -0.4 is 5.73 Å². The van der Waals surface area contributed by atoms with E-state index >= 15 is 0 Å². The van der Waals surface area contributed by atoms with E-state index in [0.717, 1.165) is 17.5 Å². The molecular weight excluding hydrogens is 232 g/mol. The van der Waals surface area contributed by atoms with Gasteiger partial charge in [-0.15, -0.1) is 0 Å². The summed E-state index contributed by atoms with van der Waals surface area (Å²) < 4.78 is 7.79. The van der Waals surface area contributed by atoms with E-state index in [1.54, 1.807) is 0 Å². The van der Waals surface area contributed by atoms with Crippen LogP contribution in [-0.2, 0) is 4.74 Å². The van der Waals surface area contributed by atoms with E-state index in [1.807, 2.05) is 16.8 Å². The maximum Gasteiger partial charge on any atom is 0.147 e. The van der Waals surface area contributed by atoms with Gasteiger partial charge in [-0.3, -0.25) is 0 Å². The first-order valence-electron chi connectivity index (χ1n) is 6.04. The van der Waals surface area contributed by atoms with Crippen molar-refractivity contribution in [1.29, 1.82) is 0 Å². The molecule has 3 N–H and O–H groups in total. The van der Waals surface area contributed by atoms with Crippen molar-refractivity contribution in [2.75, 3.05) is 12.3 Å². The molecule has 96 valence electrons. The second-order valence-electron chi connectivity index (χ2n) is 4.76. The Bertz CT molecular complexity index is 568. The largest absolute Gasteiger partial charge is 0.394 e. The van der Waals surface area contributed by atoms with Gasteiger partial charge in [-0.2, -0.15) is 0 Å². The number of hydrogen-bond acceptors (Lipinski definition) is 5. The van der Waals surface area contributed by atoms with Gasteiger partial charge in [0.2, 0.25) is 0 Å². The molecule has 0 bridgehead atoms. The summed E-state index contributed by atoms with van der Waals surface area (Å²) >= 11 is 0.